The summed E-state index contributed by atoms with van der Waals surface area (Å²) >= 11 is 0. The van der Waals surface area contributed by atoms with E-state index in [9.17, 15) is 5.11 Å². The Balaban J connectivity index is 0.00000225. The fourth-order valence-electron chi connectivity index (χ4n) is 3.39. The monoisotopic (exact) mass is 451 g/mol. The molecule has 25 heavy (non-hydrogen) atoms. The first-order chi connectivity index (χ1) is 11.5. The van der Waals surface area contributed by atoms with Crippen molar-refractivity contribution in [2.24, 2.45) is 10.7 Å². The Morgan fingerprint density at radius 3 is 2.56 bits per heavy atom. The molecule has 0 fully saturated rings. The highest BCUT2D eigenvalue weighted by molar-refractivity contribution is 14.0. The second kappa shape index (κ2) is 8.56. The van der Waals surface area contributed by atoms with Crippen LogP contribution >= 0.6 is 24.0 Å². The SMILES string of the molecule is Cc1cc(CN=C(N)Nc2cccc3c2CCCC3)cc(C)c1O.I. The highest BCUT2D eigenvalue weighted by Crippen LogP contribution is 2.28. The van der Waals surface area contributed by atoms with Crippen LogP contribution in [0.2, 0.25) is 0 Å². The Labute approximate surface area is 166 Å². The lowest BCUT2D eigenvalue weighted by Gasteiger charge is -2.19. The molecule has 0 aliphatic heterocycles. The summed E-state index contributed by atoms with van der Waals surface area (Å²) in [5.74, 6) is 0.780. The van der Waals surface area contributed by atoms with E-state index >= 15 is 0 Å². The van der Waals surface area contributed by atoms with E-state index in [1.165, 1.54) is 24.0 Å². The van der Waals surface area contributed by atoms with Crippen LogP contribution in [-0.4, -0.2) is 11.1 Å². The summed E-state index contributed by atoms with van der Waals surface area (Å²) in [6.07, 6.45) is 4.74. The average Bonchev–Trinajstić information content (AvgIpc) is 2.58. The van der Waals surface area contributed by atoms with Crippen molar-refractivity contribution in [2.45, 2.75) is 46.1 Å². The van der Waals surface area contributed by atoms with Gasteiger partial charge in [0.05, 0.1) is 6.54 Å². The van der Waals surface area contributed by atoms with E-state index in [2.05, 4.69) is 28.5 Å². The number of guanidine groups is 1. The number of fused-ring (bicyclic) bond motifs is 1. The zero-order chi connectivity index (χ0) is 17.1. The number of hydrogen-bond donors (Lipinski definition) is 3. The summed E-state index contributed by atoms with van der Waals surface area (Å²) in [7, 11) is 0. The fraction of sp³-hybridized carbons (Fsp3) is 0.350. The van der Waals surface area contributed by atoms with Crippen LogP contribution < -0.4 is 11.1 Å². The summed E-state index contributed by atoms with van der Waals surface area (Å²) in [6.45, 7) is 4.29. The number of nitrogens with zero attached hydrogens (tertiary/aromatic N) is 1. The van der Waals surface area contributed by atoms with Crippen molar-refractivity contribution >= 4 is 35.6 Å². The molecule has 0 spiro atoms. The van der Waals surface area contributed by atoms with Crippen molar-refractivity contribution in [1.29, 1.82) is 0 Å². The average molecular weight is 451 g/mol. The Morgan fingerprint density at radius 2 is 1.84 bits per heavy atom. The van der Waals surface area contributed by atoms with Crippen LogP contribution in [-0.2, 0) is 19.4 Å². The van der Waals surface area contributed by atoms with Gasteiger partial charge in [0, 0.05) is 5.69 Å². The predicted octanol–water partition coefficient (Wildman–Crippen LogP) is 4.43. The summed E-state index contributed by atoms with van der Waals surface area (Å²) in [4.78, 5) is 4.45. The minimum Gasteiger partial charge on any atom is -0.507 e. The molecular formula is C20H26IN3O. The molecule has 0 heterocycles. The Hall–Kier alpha value is -1.76. The lowest BCUT2D eigenvalue weighted by atomic mass is 9.90. The first-order valence-electron chi connectivity index (χ1n) is 8.51. The topological polar surface area (TPSA) is 70.6 Å². The van der Waals surface area contributed by atoms with E-state index in [1.807, 2.05) is 26.0 Å². The van der Waals surface area contributed by atoms with Gasteiger partial charge in [0.1, 0.15) is 5.75 Å². The van der Waals surface area contributed by atoms with Crippen LogP contribution in [0.3, 0.4) is 0 Å². The Morgan fingerprint density at radius 1 is 1.16 bits per heavy atom. The number of halogens is 1. The maximum absolute atomic E-state index is 9.84. The summed E-state index contributed by atoms with van der Waals surface area (Å²) in [6, 6.07) is 10.2. The Kier molecular flexibility index (Phi) is 6.70. The minimum absolute atomic E-state index is 0. The molecule has 3 rings (SSSR count). The van der Waals surface area contributed by atoms with Gasteiger partial charge in [0.15, 0.2) is 5.96 Å². The molecule has 0 radical (unpaired) electrons. The van der Waals surface area contributed by atoms with E-state index in [0.717, 1.165) is 35.2 Å². The molecule has 0 unspecified atom stereocenters. The van der Waals surface area contributed by atoms with Crippen molar-refractivity contribution in [1.82, 2.24) is 0 Å². The molecule has 0 amide bonds. The molecule has 0 saturated heterocycles. The number of anilines is 1. The van der Waals surface area contributed by atoms with Gasteiger partial charge >= 0.3 is 0 Å². The van der Waals surface area contributed by atoms with Crippen molar-refractivity contribution in [3.8, 4) is 5.75 Å². The Bertz CT molecular complexity index is 764. The normalized spacial score (nSPS) is 13.8. The third-order valence-corrected chi connectivity index (χ3v) is 4.64. The van der Waals surface area contributed by atoms with E-state index in [-0.39, 0.29) is 24.0 Å². The number of aryl methyl sites for hydroxylation is 3. The van der Waals surface area contributed by atoms with Gasteiger partial charge < -0.3 is 16.2 Å². The van der Waals surface area contributed by atoms with Crippen LogP contribution in [0.15, 0.2) is 35.3 Å². The maximum Gasteiger partial charge on any atom is 0.193 e. The summed E-state index contributed by atoms with van der Waals surface area (Å²) in [5.41, 5.74) is 12.7. The zero-order valence-corrected chi connectivity index (χ0v) is 17.1. The standard InChI is InChI=1S/C20H25N3O.HI/c1-13-10-15(11-14(2)19(13)24)12-22-20(21)23-18-9-5-7-16-6-3-4-8-17(16)18;/h5,7,9-11,24H,3-4,6,8,12H2,1-2H3,(H3,21,22,23);1H. The molecule has 0 saturated carbocycles. The van der Waals surface area contributed by atoms with E-state index in [0.29, 0.717) is 18.3 Å². The van der Waals surface area contributed by atoms with Gasteiger partial charge in [-0.1, -0.05) is 24.3 Å². The number of phenolic OH excluding ortho intramolecular Hbond substituents is 1. The minimum atomic E-state index is 0. The van der Waals surface area contributed by atoms with Gasteiger partial charge in [0.2, 0.25) is 0 Å². The second-order valence-electron chi connectivity index (χ2n) is 6.56. The first kappa shape index (κ1) is 19.6. The van der Waals surface area contributed by atoms with E-state index in [4.69, 9.17) is 5.73 Å². The molecule has 4 N–H and O–H groups in total. The predicted molar refractivity (Wildman–Crippen MR) is 115 cm³/mol. The second-order valence-corrected chi connectivity index (χ2v) is 6.56. The number of hydrogen-bond acceptors (Lipinski definition) is 2. The molecular weight excluding hydrogens is 425 g/mol. The van der Waals surface area contributed by atoms with Crippen LogP contribution in [0.5, 0.6) is 5.75 Å². The van der Waals surface area contributed by atoms with Crippen molar-refractivity contribution in [3.05, 3.63) is 58.1 Å². The van der Waals surface area contributed by atoms with E-state index < -0.39 is 0 Å². The first-order valence-corrected chi connectivity index (χ1v) is 8.51. The number of aromatic hydroxyl groups is 1. The molecule has 0 atom stereocenters. The maximum atomic E-state index is 9.84. The molecule has 4 nitrogen and oxygen atoms in total. The van der Waals surface area contributed by atoms with Gasteiger partial charge in [-0.15, -0.1) is 24.0 Å². The fourth-order valence-corrected chi connectivity index (χ4v) is 3.39. The quantitative estimate of drug-likeness (QED) is 0.367. The number of nitrogens with two attached hydrogens (primary N) is 1. The van der Waals surface area contributed by atoms with Gasteiger partial charge in [-0.3, -0.25) is 0 Å². The smallest absolute Gasteiger partial charge is 0.193 e. The number of benzene rings is 2. The molecule has 2 aromatic carbocycles. The largest absolute Gasteiger partial charge is 0.507 e. The molecule has 1 aliphatic carbocycles. The lowest BCUT2D eigenvalue weighted by Crippen LogP contribution is -2.24. The number of nitrogens with one attached hydrogen (secondary N) is 1. The van der Waals surface area contributed by atoms with Gasteiger partial charge in [0.25, 0.3) is 0 Å². The van der Waals surface area contributed by atoms with Gasteiger partial charge in [-0.25, -0.2) is 4.99 Å². The highest BCUT2D eigenvalue weighted by atomic mass is 127. The molecule has 0 aromatic heterocycles. The number of aliphatic imine (C=N–C) groups is 1. The molecule has 134 valence electrons. The molecule has 2 aromatic rings. The van der Waals surface area contributed by atoms with Crippen molar-refractivity contribution in [2.75, 3.05) is 5.32 Å². The lowest BCUT2D eigenvalue weighted by molar-refractivity contribution is 0.466. The van der Waals surface area contributed by atoms with Crippen LogP contribution in [0, 0.1) is 13.8 Å². The zero-order valence-electron chi connectivity index (χ0n) is 14.8. The molecule has 5 heteroatoms. The van der Waals surface area contributed by atoms with Crippen LogP contribution in [0.1, 0.15) is 40.7 Å². The van der Waals surface area contributed by atoms with Crippen molar-refractivity contribution in [3.63, 3.8) is 0 Å². The molecule has 0 bridgehead atoms. The summed E-state index contributed by atoms with van der Waals surface area (Å²) in [5, 5.41) is 13.1. The van der Waals surface area contributed by atoms with Crippen LogP contribution in [0.25, 0.3) is 0 Å². The third-order valence-electron chi connectivity index (χ3n) is 4.64. The van der Waals surface area contributed by atoms with Gasteiger partial charge in [-0.2, -0.15) is 0 Å². The summed E-state index contributed by atoms with van der Waals surface area (Å²) < 4.78 is 0. The number of phenols is 1. The van der Waals surface area contributed by atoms with Crippen molar-refractivity contribution < 1.29 is 5.11 Å². The van der Waals surface area contributed by atoms with Gasteiger partial charge in [-0.05, 0) is 73.4 Å². The molecule has 1 aliphatic rings. The third kappa shape index (κ3) is 4.66. The number of rotatable bonds is 3. The van der Waals surface area contributed by atoms with Crippen LogP contribution in [0.4, 0.5) is 5.69 Å². The van der Waals surface area contributed by atoms with E-state index in [1.54, 1.807) is 0 Å². The highest BCUT2D eigenvalue weighted by Gasteiger charge is 2.13.